The molecule has 4 heteroatoms. The van der Waals surface area contributed by atoms with Gasteiger partial charge >= 0.3 is 0 Å². The molecule has 0 aliphatic rings. The second-order valence-corrected chi connectivity index (χ2v) is 2.50. The van der Waals surface area contributed by atoms with E-state index in [1.807, 2.05) is 18.2 Å². The van der Waals surface area contributed by atoms with Crippen LogP contribution in [0.25, 0.3) is 11.0 Å². The van der Waals surface area contributed by atoms with Gasteiger partial charge in [0.15, 0.2) is 0 Å². The van der Waals surface area contributed by atoms with Crippen molar-refractivity contribution < 1.29 is 4.74 Å². The Balaban J connectivity index is 2.49. The first kappa shape index (κ1) is 7.94. The molecule has 4 nitrogen and oxygen atoms in total. The van der Waals surface area contributed by atoms with Gasteiger partial charge in [-0.25, -0.2) is 4.98 Å². The second kappa shape index (κ2) is 3.37. The highest BCUT2D eigenvalue weighted by Gasteiger charge is 1.97. The lowest BCUT2D eigenvalue weighted by molar-refractivity contribution is 0.318. The van der Waals surface area contributed by atoms with E-state index in [1.54, 1.807) is 12.3 Å². The topological polar surface area (TPSA) is 61.0 Å². The summed E-state index contributed by atoms with van der Waals surface area (Å²) in [6.07, 6.45) is 1.73. The van der Waals surface area contributed by atoms with Crippen LogP contribution in [-0.4, -0.2) is 16.7 Å². The van der Waals surface area contributed by atoms with Crippen LogP contribution < -0.4 is 10.5 Å². The Bertz CT molecular complexity index is 416. The third kappa shape index (κ3) is 1.57. The van der Waals surface area contributed by atoms with Crippen molar-refractivity contribution in [2.75, 3.05) is 6.73 Å². The van der Waals surface area contributed by atoms with Crippen LogP contribution in [-0.2, 0) is 0 Å². The molecule has 0 bridgehead atoms. The molecule has 0 aliphatic carbocycles. The van der Waals surface area contributed by atoms with Crippen LogP contribution in [0, 0.1) is 0 Å². The van der Waals surface area contributed by atoms with Gasteiger partial charge in [-0.05, 0) is 18.2 Å². The van der Waals surface area contributed by atoms with E-state index >= 15 is 0 Å². The molecule has 0 aliphatic heterocycles. The van der Waals surface area contributed by atoms with Crippen LogP contribution in [0.1, 0.15) is 0 Å². The zero-order valence-corrected chi connectivity index (χ0v) is 6.97. The number of nitrogens with zero attached hydrogens (tertiary/aromatic N) is 2. The number of aromatic nitrogens is 2. The highest BCUT2D eigenvalue weighted by atomic mass is 16.5. The highest BCUT2D eigenvalue weighted by molar-refractivity contribution is 5.74. The van der Waals surface area contributed by atoms with Gasteiger partial charge < -0.3 is 4.74 Å². The minimum atomic E-state index is 0.138. The molecule has 0 fully saturated rings. The maximum atomic E-state index is 5.23. The van der Waals surface area contributed by atoms with Crippen LogP contribution in [0.15, 0.2) is 30.5 Å². The summed E-state index contributed by atoms with van der Waals surface area (Å²) < 4.78 is 5.05. The Morgan fingerprint density at radius 2 is 2.15 bits per heavy atom. The second-order valence-electron chi connectivity index (χ2n) is 2.50. The van der Waals surface area contributed by atoms with Crippen LogP contribution in [0.4, 0.5) is 0 Å². The van der Waals surface area contributed by atoms with E-state index in [-0.39, 0.29) is 6.73 Å². The third-order valence-electron chi connectivity index (χ3n) is 1.66. The molecule has 66 valence electrons. The minimum absolute atomic E-state index is 0.138. The maximum Gasteiger partial charge on any atom is 0.215 e. The summed E-state index contributed by atoms with van der Waals surface area (Å²) in [6, 6.07) is 7.32. The summed E-state index contributed by atoms with van der Waals surface area (Å²) in [6.45, 7) is 0.138. The predicted molar refractivity (Wildman–Crippen MR) is 49.2 cm³/mol. The quantitative estimate of drug-likeness (QED) is 0.689. The fourth-order valence-corrected chi connectivity index (χ4v) is 1.10. The predicted octanol–water partition coefficient (Wildman–Crippen LogP) is 0.925. The summed E-state index contributed by atoms with van der Waals surface area (Å²) in [7, 11) is 0. The molecule has 2 aromatic rings. The Hall–Kier alpha value is -1.68. The lowest BCUT2D eigenvalue weighted by Gasteiger charge is -2.01. The standard InChI is InChI=1S/C9H9N3O/c10-6-13-9-4-3-7-8(12-9)2-1-5-11-7/h1-5H,6,10H2. The van der Waals surface area contributed by atoms with Gasteiger partial charge in [0.25, 0.3) is 0 Å². The fourth-order valence-electron chi connectivity index (χ4n) is 1.10. The summed E-state index contributed by atoms with van der Waals surface area (Å²) in [5.41, 5.74) is 6.89. The van der Waals surface area contributed by atoms with E-state index in [2.05, 4.69) is 9.97 Å². The average Bonchev–Trinajstić information content (AvgIpc) is 2.18. The molecule has 2 rings (SSSR count). The van der Waals surface area contributed by atoms with Crippen LogP contribution in [0.5, 0.6) is 5.88 Å². The Kier molecular flexibility index (Phi) is 2.06. The lowest BCUT2D eigenvalue weighted by Crippen LogP contribution is -2.08. The molecule has 0 saturated heterocycles. The zero-order valence-electron chi connectivity index (χ0n) is 6.97. The summed E-state index contributed by atoms with van der Waals surface area (Å²) in [5, 5.41) is 0. The smallest absolute Gasteiger partial charge is 0.215 e. The van der Waals surface area contributed by atoms with E-state index in [0.29, 0.717) is 5.88 Å². The lowest BCUT2D eigenvalue weighted by atomic mass is 10.3. The Morgan fingerprint density at radius 3 is 3.00 bits per heavy atom. The molecule has 0 aromatic carbocycles. The molecule has 0 radical (unpaired) electrons. The highest BCUT2D eigenvalue weighted by Crippen LogP contribution is 2.13. The molecule has 0 unspecified atom stereocenters. The van der Waals surface area contributed by atoms with Gasteiger partial charge in [-0.2, -0.15) is 0 Å². The maximum absolute atomic E-state index is 5.23. The Morgan fingerprint density at radius 1 is 1.23 bits per heavy atom. The normalized spacial score (nSPS) is 10.2. The molecule has 0 atom stereocenters. The molecule has 13 heavy (non-hydrogen) atoms. The number of pyridine rings is 2. The number of rotatable bonds is 2. The van der Waals surface area contributed by atoms with E-state index in [0.717, 1.165) is 11.0 Å². The molecule has 2 N–H and O–H groups in total. The average molecular weight is 175 g/mol. The van der Waals surface area contributed by atoms with Gasteiger partial charge in [0.2, 0.25) is 5.88 Å². The number of hydrogen-bond acceptors (Lipinski definition) is 4. The van der Waals surface area contributed by atoms with Gasteiger partial charge in [0.1, 0.15) is 6.73 Å². The van der Waals surface area contributed by atoms with E-state index in [9.17, 15) is 0 Å². The summed E-state index contributed by atoms with van der Waals surface area (Å²) in [4.78, 5) is 8.33. The van der Waals surface area contributed by atoms with Crippen molar-refractivity contribution in [1.82, 2.24) is 9.97 Å². The fraction of sp³-hybridized carbons (Fsp3) is 0.111. The SMILES string of the molecule is NCOc1ccc2ncccc2n1. The van der Waals surface area contributed by atoms with Crippen molar-refractivity contribution in [3.63, 3.8) is 0 Å². The van der Waals surface area contributed by atoms with E-state index in [4.69, 9.17) is 10.5 Å². The van der Waals surface area contributed by atoms with Crippen molar-refractivity contribution in [1.29, 1.82) is 0 Å². The first-order valence-corrected chi connectivity index (χ1v) is 3.95. The molecular weight excluding hydrogens is 166 g/mol. The van der Waals surface area contributed by atoms with Gasteiger partial charge in [-0.15, -0.1) is 0 Å². The van der Waals surface area contributed by atoms with Crippen molar-refractivity contribution >= 4 is 11.0 Å². The molecular formula is C9H9N3O. The minimum Gasteiger partial charge on any atom is -0.462 e. The first-order valence-electron chi connectivity index (χ1n) is 3.95. The van der Waals surface area contributed by atoms with Crippen molar-refractivity contribution in [2.24, 2.45) is 5.73 Å². The van der Waals surface area contributed by atoms with Crippen LogP contribution in [0.2, 0.25) is 0 Å². The first-order chi connectivity index (χ1) is 6.40. The number of ether oxygens (including phenoxy) is 1. The van der Waals surface area contributed by atoms with Crippen LogP contribution >= 0.6 is 0 Å². The van der Waals surface area contributed by atoms with E-state index in [1.165, 1.54) is 0 Å². The van der Waals surface area contributed by atoms with Gasteiger partial charge in [0.05, 0.1) is 11.0 Å². The van der Waals surface area contributed by atoms with Crippen molar-refractivity contribution in [3.05, 3.63) is 30.5 Å². The summed E-state index contributed by atoms with van der Waals surface area (Å²) in [5.74, 6) is 0.531. The van der Waals surface area contributed by atoms with E-state index < -0.39 is 0 Å². The molecule has 2 aromatic heterocycles. The van der Waals surface area contributed by atoms with Crippen LogP contribution in [0.3, 0.4) is 0 Å². The largest absolute Gasteiger partial charge is 0.462 e. The van der Waals surface area contributed by atoms with Crippen molar-refractivity contribution in [3.8, 4) is 5.88 Å². The molecule has 0 amide bonds. The number of hydrogen-bond donors (Lipinski definition) is 1. The molecule has 0 saturated carbocycles. The van der Waals surface area contributed by atoms with Gasteiger partial charge in [-0.3, -0.25) is 10.7 Å². The van der Waals surface area contributed by atoms with Gasteiger partial charge in [0, 0.05) is 12.3 Å². The monoisotopic (exact) mass is 175 g/mol. The number of nitrogens with two attached hydrogens (primary N) is 1. The van der Waals surface area contributed by atoms with Gasteiger partial charge in [-0.1, -0.05) is 0 Å². The number of fused-ring (bicyclic) bond motifs is 1. The summed E-state index contributed by atoms with van der Waals surface area (Å²) >= 11 is 0. The molecule has 0 spiro atoms. The zero-order chi connectivity index (χ0) is 9.10. The third-order valence-corrected chi connectivity index (χ3v) is 1.66. The van der Waals surface area contributed by atoms with Crippen molar-refractivity contribution in [2.45, 2.75) is 0 Å². The Labute approximate surface area is 75.4 Å². The molecule has 2 heterocycles.